The van der Waals surface area contributed by atoms with Crippen molar-refractivity contribution in [2.45, 2.75) is 13.2 Å². The molecule has 0 heterocycles. The number of amidine groups is 1. The number of oxime groups is 1. The summed E-state index contributed by atoms with van der Waals surface area (Å²) in [5, 5.41) is 13.4. The Balaban J connectivity index is 1.95. The zero-order chi connectivity index (χ0) is 14.4. The first kappa shape index (κ1) is 14.4. The van der Waals surface area contributed by atoms with E-state index < -0.39 is 0 Å². The Bertz CT molecular complexity index is 597. The summed E-state index contributed by atoms with van der Waals surface area (Å²) in [6.07, 6.45) is 0. The van der Waals surface area contributed by atoms with E-state index >= 15 is 0 Å². The summed E-state index contributed by atoms with van der Waals surface area (Å²) in [5.41, 5.74) is 8.33. The van der Waals surface area contributed by atoms with Crippen molar-refractivity contribution >= 4 is 17.4 Å². The first-order valence-electron chi connectivity index (χ1n) is 6.09. The third-order valence-corrected chi connectivity index (χ3v) is 2.96. The van der Waals surface area contributed by atoms with Gasteiger partial charge in [0, 0.05) is 10.6 Å². The van der Waals surface area contributed by atoms with Crippen molar-refractivity contribution in [2.24, 2.45) is 10.9 Å². The minimum absolute atomic E-state index is 0.0288. The smallest absolute Gasteiger partial charge is 0.170 e. The van der Waals surface area contributed by atoms with Crippen molar-refractivity contribution in [1.29, 1.82) is 0 Å². The second kappa shape index (κ2) is 6.93. The van der Waals surface area contributed by atoms with Gasteiger partial charge in [0.05, 0.1) is 6.61 Å². The van der Waals surface area contributed by atoms with Gasteiger partial charge in [0.1, 0.15) is 6.61 Å². The molecule has 0 atom stereocenters. The number of halogens is 1. The van der Waals surface area contributed by atoms with Crippen LogP contribution in [0.3, 0.4) is 0 Å². The fraction of sp³-hybridized carbons (Fsp3) is 0.133. The van der Waals surface area contributed by atoms with Crippen LogP contribution in [0.4, 0.5) is 0 Å². The normalized spacial score (nSPS) is 11.4. The highest BCUT2D eigenvalue weighted by atomic mass is 35.5. The van der Waals surface area contributed by atoms with Crippen LogP contribution < -0.4 is 5.73 Å². The van der Waals surface area contributed by atoms with Crippen LogP contribution in [-0.2, 0) is 18.1 Å². The number of aliphatic hydroxyl groups is 1. The number of nitrogens with zero attached hydrogens (tertiary/aromatic N) is 1. The molecule has 0 aromatic heterocycles. The molecule has 104 valence electrons. The average molecular weight is 291 g/mol. The number of hydrogen-bond acceptors (Lipinski definition) is 3. The van der Waals surface area contributed by atoms with Gasteiger partial charge in [-0.2, -0.15) is 0 Å². The Labute approximate surface area is 122 Å². The zero-order valence-electron chi connectivity index (χ0n) is 10.8. The van der Waals surface area contributed by atoms with Crippen LogP contribution in [0.5, 0.6) is 0 Å². The fourth-order valence-corrected chi connectivity index (χ4v) is 1.81. The van der Waals surface area contributed by atoms with Gasteiger partial charge >= 0.3 is 0 Å². The molecule has 3 N–H and O–H groups in total. The van der Waals surface area contributed by atoms with Crippen molar-refractivity contribution in [1.82, 2.24) is 0 Å². The lowest BCUT2D eigenvalue weighted by atomic mass is 10.1. The Morgan fingerprint density at radius 3 is 2.50 bits per heavy atom. The Morgan fingerprint density at radius 2 is 1.85 bits per heavy atom. The maximum atomic E-state index is 8.95. The van der Waals surface area contributed by atoms with Crippen molar-refractivity contribution < 1.29 is 9.94 Å². The summed E-state index contributed by atoms with van der Waals surface area (Å²) in [6.45, 7) is 0.341. The average Bonchev–Trinajstić information content (AvgIpc) is 2.48. The maximum Gasteiger partial charge on any atom is 0.170 e. The largest absolute Gasteiger partial charge is 0.392 e. The standard InChI is InChI=1S/C15H15ClN2O2/c16-14-3-1-2-13(8-14)15(17)18-20-10-12-6-4-11(9-19)5-7-12/h1-8,19H,9-10H2,(H2,17,18). The monoisotopic (exact) mass is 290 g/mol. The molecule has 0 aliphatic rings. The van der Waals surface area contributed by atoms with E-state index in [0.29, 0.717) is 17.2 Å². The molecule has 0 spiro atoms. The molecular formula is C15H15ClN2O2. The van der Waals surface area contributed by atoms with Crippen LogP contribution >= 0.6 is 11.6 Å². The molecular weight excluding hydrogens is 276 g/mol. The quantitative estimate of drug-likeness (QED) is 0.505. The van der Waals surface area contributed by atoms with Crippen molar-refractivity contribution in [2.75, 3.05) is 0 Å². The minimum Gasteiger partial charge on any atom is -0.392 e. The van der Waals surface area contributed by atoms with Gasteiger partial charge in [-0.25, -0.2) is 0 Å². The molecule has 20 heavy (non-hydrogen) atoms. The van der Waals surface area contributed by atoms with E-state index in [1.807, 2.05) is 30.3 Å². The van der Waals surface area contributed by atoms with E-state index in [4.69, 9.17) is 27.3 Å². The van der Waals surface area contributed by atoms with E-state index in [1.165, 1.54) is 0 Å². The second-order valence-corrected chi connectivity index (χ2v) is 4.67. The number of nitrogens with two attached hydrogens (primary N) is 1. The molecule has 2 aromatic carbocycles. The van der Waals surface area contributed by atoms with Gasteiger partial charge < -0.3 is 15.7 Å². The van der Waals surface area contributed by atoms with Crippen molar-refractivity contribution in [3.63, 3.8) is 0 Å². The summed E-state index contributed by atoms with van der Waals surface area (Å²) in [5.74, 6) is 0.277. The number of benzene rings is 2. The van der Waals surface area contributed by atoms with Crippen LogP contribution in [0.15, 0.2) is 53.7 Å². The van der Waals surface area contributed by atoms with E-state index in [9.17, 15) is 0 Å². The molecule has 0 radical (unpaired) electrons. The highest BCUT2D eigenvalue weighted by molar-refractivity contribution is 6.31. The van der Waals surface area contributed by atoms with Crippen molar-refractivity contribution in [3.8, 4) is 0 Å². The van der Waals surface area contributed by atoms with Crippen LogP contribution in [0, 0.1) is 0 Å². The van der Waals surface area contributed by atoms with E-state index in [-0.39, 0.29) is 12.4 Å². The summed E-state index contributed by atoms with van der Waals surface area (Å²) >= 11 is 5.88. The molecule has 0 bridgehead atoms. The molecule has 0 saturated carbocycles. The Morgan fingerprint density at radius 1 is 1.15 bits per heavy atom. The molecule has 0 unspecified atom stereocenters. The number of aliphatic hydroxyl groups excluding tert-OH is 1. The molecule has 2 aromatic rings. The molecule has 5 heteroatoms. The second-order valence-electron chi connectivity index (χ2n) is 4.23. The molecule has 0 fully saturated rings. The van der Waals surface area contributed by atoms with Gasteiger partial charge in [-0.1, -0.05) is 53.2 Å². The lowest BCUT2D eigenvalue weighted by molar-refractivity contribution is 0.130. The molecule has 2 rings (SSSR count). The topological polar surface area (TPSA) is 67.8 Å². The maximum absolute atomic E-state index is 8.95. The van der Waals surface area contributed by atoms with Crippen LogP contribution in [-0.4, -0.2) is 10.9 Å². The van der Waals surface area contributed by atoms with Crippen LogP contribution in [0.25, 0.3) is 0 Å². The molecule has 4 nitrogen and oxygen atoms in total. The first-order chi connectivity index (χ1) is 9.69. The third-order valence-electron chi connectivity index (χ3n) is 2.72. The van der Waals surface area contributed by atoms with Crippen LogP contribution in [0.2, 0.25) is 5.02 Å². The van der Waals surface area contributed by atoms with Gasteiger partial charge in [0.15, 0.2) is 5.84 Å². The lowest BCUT2D eigenvalue weighted by Crippen LogP contribution is -2.13. The van der Waals surface area contributed by atoms with Gasteiger partial charge in [0.2, 0.25) is 0 Å². The Kier molecular flexibility index (Phi) is 4.98. The molecule has 0 saturated heterocycles. The predicted molar refractivity (Wildman–Crippen MR) is 79.3 cm³/mol. The van der Waals surface area contributed by atoms with Gasteiger partial charge in [-0.15, -0.1) is 0 Å². The molecule has 0 aliphatic heterocycles. The highest BCUT2D eigenvalue weighted by Crippen LogP contribution is 2.11. The first-order valence-corrected chi connectivity index (χ1v) is 6.47. The number of rotatable bonds is 5. The minimum atomic E-state index is 0.0288. The van der Waals surface area contributed by atoms with E-state index in [1.54, 1.807) is 18.2 Å². The fourth-order valence-electron chi connectivity index (χ4n) is 1.62. The van der Waals surface area contributed by atoms with Crippen molar-refractivity contribution in [3.05, 3.63) is 70.2 Å². The van der Waals surface area contributed by atoms with Gasteiger partial charge in [0.25, 0.3) is 0 Å². The number of hydrogen-bond donors (Lipinski definition) is 2. The summed E-state index contributed by atoms with van der Waals surface area (Å²) in [6, 6.07) is 14.5. The van der Waals surface area contributed by atoms with E-state index in [0.717, 1.165) is 11.1 Å². The van der Waals surface area contributed by atoms with Gasteiger partial charge in [-0.3, -0.25) is 0 Å². The summed E-state index contributed by atoms with van der Waals surface area (Å²) < 4.78 is 0. The van der Waals surface area contributed by atoms with E-state index in [2.05, 4.69) is 5.16 Å². The molecule has 0 amide bonds. The Hall–Kier alpha value is -2.04. The summed E-state index contributed by atoms with van der Waals surface area (Å²) in [4.78, 5) is 5.21. The van der Waals surface area contributed by atoms with Gasteiger partial charge in [-0.05, 0) is 23.3 Å². The SMILES string of the molecule is N/C(=N/OCc1ccc(CO)cc1)c1cccc(Cl)c1. The highest BCUT2D eigenvalue weighted by Gasteiger charge is 2.00. The van der Waals surface area contributed by atoms with Crippen LogP contribution in [0.1, 0.15) is 16.7 Å². The lowest BCUT2D eigenvalue weighted by Gasteiger charge is -2.04. The molecule has 0 aliphatic carbocycles. The zero-order valence-corrected chi connectivity index (χ0v) is 11.5. The predicted octanol–water partition coefficient (Wildman–Crippen LogP) is 2.67. The third kappa shape index (κ3) is 3.98. The summed E-state index contributed by atoms with van der Waals surface area (Å²) in [7, 11) is 0.